The summed E-state index contributed by atoms with van der Waals surface area (Å²) in [7, 11) is -5.85. The Morgan fingerprint density at radius 1 is 1.31 bits per heavy atom. The Kier molecular flexibility index (Phi) is 11.2. The van der Waals surface area contributed by atoms with Crippen LogP contribution in [0.4, 0.5) is 0 Å². The SMILES string of the molecule is CCOC(C)=O.O=[P+](O)O[P+](=O)O. The quantitative estimate of drug-likeness (QED) is 0.548. The molecule has 0 spiro atoms. The molecule has 7 nitrogen and oxygen atoms in total. The standard InChI is InChI=1S/C4H8O2.O5P2/c1-3-6-4(2)5;1-6(2)5-7(3)4/h3H2,1-2H3;/p+2. The lowest BCUT2D eigenvalue weighted by Crippen LogP contribution is -1.95. The van der Waals surface area contributed by atoms with Crippen molar-refractivity contribution in [1.82, 2.24) is 0 Å². The van der Waals surface area contributed by atoms with E-state index in [9.17, 15) is 13.9 Å². The van der Waals surface area contributed by atoms with Gasteiger partial charge in [0.1, 0.15) is 0 Å². The van der Waals surface area contributed by atoms with Crippen LogP contribution in [0.5, 0.6) is 0 Å². The first-order chi connectivity index (χ1) is 5.90. The second-order valence-corrected chi connectivity index (χ2v) is 3.09. The van der Waals surface area contributed by atoms with E-state index in [0.717, 1.165) is 0 Å². The monoisotopic (exact) mass is 232 g/mol. The molecule has 0 aromatic carbocycles. The number of rotatable bonds is 3. The van der Waals surface area contributed by atoms with E-state index in [1.165, 1.54) is 6.92 Å². The lowest BCUT2D eigenvalue weighted by atomic mass is 10.8. The molecule has 13 heavy (non-hydrogen) atoms. The summed E-state index contributed by atoms with van der Waals surface area (Å²) >= 11 is 0. The molecular formula is C4H10O7P2+2. The van der Waals surface area contributed by atoms with Crippen LogP contribution >= 0.6 is 16.5 Å². The normalized spacial score (nSPS) is 10.8. The van der Waals surface area contributed by atoms with Crippen molar-refractivity contribution in [3.63, 3.8) is 0 Å². The largest absolute Gasteiger partial charge is 0.745 e. The minimum absolute atomic E-state index is 0.211. The second-order valence-electron chi connectivity index (χ2n) is 1.48. The predicted molar refractivity (Wildman–Crippen MR) is 43.0 cm³/mol. The molecule has 0 bridgehead atoms. The van der Waals surface area contributed by atoms with Crippen LogP contribution in [0.2, 0.25) is 0 Å². The summed E-state index contributed by atoms with van der Waals surface area (Å²) in [5.41, 5.74) is 0. The number of carbonyl (C=O) groups is 1. The molecule has 0 aromatic rings. The summed E-state index contributed by atoms with van der Waals surface area (Å²) in [6.07, 6.45) is 0. The smallest absolute Gasteiger partial charge is 0.466 e. The summed E-state index contributed by atoms with van der Waals surface area (Å²) < 4.78 is 26.6. The molecule has 0 heterocycles. The van der Waals surface area contributed by atoms with E-state index in [0.29, 0.717) is 6.61 Å². The van der Waals surface area contributed by atoms with Gasteiger partial charge in [-0.05, 0) is 6.92 Å². The van der Waals surface area contributed by atoms with Gasteiger partial charge in [0, 0.05) is 16.1 Å². The lowest BCUT2D eigenvalue weighted by molar-refractivity contribution is -0.140. The first-order valence-electron chi connectivity index (χ1n) is 3.03. The Hall–Kier alpha value is -0.450. The van der Waals surface area contributed by atoms with Crippen LogP contribution in [0.15, 0.2) is 0 Å². The fourth-order valence-corrected chi connectivity index (χ4v) is 0.741. The molecule has 2 unspecified atom stereocenters. The molecule has 0 saturated heterocycles. The summed E-state index contributed by atoms with van der Waals surface area (Å²) in [6, 6.07) is 0. The Balaban J connectivity index is 0. The predicted octanol–water partition coefficient (Wildman–Crippen LogP) is 0.872. The number of ether oxygens (including phenoxy) is 1. The average Bonchev–Trinajstić information content (AvgIpc) is 1.83. The zero-order chi connectivity index (χ0) is 10.9. The average molecular weight is 232 g/mol. The van der Waals surface area contributed by atoms with Gasteiger partial charge in [-0.1, -0.05) is 0 Å². The third kappa shape index (κ3) is 24.6. The van der Waals surface area contributed by atoms with E-state index in [1.807, 2.05) is 0 Å². The highest BCUT2D eigenvalue weighted by Gasteiger charge is 2.31. The van der Waals surface area contributed by atoms with Crippen molar-refractivity contribution >= 4 is 22.5 Å². The molecule has 0 amide bonds. The fraction of sp³-hybridized carbons (Fsp3) is 0.750. The van der Waals surface area contributed by atoms with E-state index in [2.05, 4.69) is 9.05 Å². The van der Waals surface area contributed by atoms with Crippen LogP contribution in [-0.4, -0.2) is 22.4 Å². The van der Waals surface area contributed by atoms with Crippen LogP contribution < -0.4 is 0 Å². The Bertz CT molecular complexity index is 179. The van der Waals surface area contributed by atoms with Gasteiger partial charge in [-0.25, -0.2) is 0 Å². The van der Waals surface area contributed by atoms with E-state index < -0.39 is 16.5 Å². The van der Waals surface area contributed by atoms with Gasteiger partial charge in [-0.15, -0.1) is 9.79 Å². The molecule has 9 heteroatoms. The molecule has 0 rings (SSSR count). The van der Waals surface area contributed by atoms with Crippen molar-refractivity contribution in [2.45, 2.75) is 13.8 Å². The molecule has 0 aromatic heterocycles. The van der Waals surface area contributed by atoms with E-state index in [-0.39, 0.29) is 5.97 Å². The van der Waals surface area contributed by atoms with Gasteiger partial charge < -0.3 is 4.74 Å². The topological polar surface area (TPSA) is 110 Å². The van der Waals surface area contributed by atoms with Gasteiger partial charge in [0.05, 0.1) is 6.61 Å². The maximum absolute atomic E-state index is 9.82. The summed E-state index contributed by atoms with van der Waals surface area (Å²) in [6.45, 7) is 3.65. The van der Waals surface area contributed by atoms with Gasteiger partial charge in [-0.2, -0.15) is 0 Å². The summed E-state index contributed by atoms with van der Waals surface area (Å²) in [5.74, 6) is -0.211. The number of carbonyl (C=O) groups excluding carboxylic acids is 1. The van der Waals surface area contributed by atoms with Crippen LogP contribution in [-0.2, 0) is 23.0 Å². The van der Waals surface area contributed by atoms with Crippen LogP contribution in [0.25, 0.3) is 0 Å². The zero-order valence-corrected chi connectivity index (χ0v) is 8.83. The van der Waals surface area contributed by atoms with Gasteiger partial charge in [0.2, 0.25) is 0 Å². The van der Waals surface area contributed by atoms with Crippen LogP contribution in [0, 0.1) is 0 Å². The molecule has 0 aliphatic heterocycles. The van der Waals surface area contributed by atoms with E-state index >= 15 is 0 Å². The highest BCUT2D eigenvalue weighted by atomic mass is 31.2. The van der Waals surface area contributed by atoms with Crippen molar-refractivity contribution in [2.75, 3.05) is 6.61 Å². The van der Waals surface area contributed by atoms with Crippen molar-refractivity contribution in [3.8, 4) is 0 Å². The summed E-state index contributed by atoms with van der Waals surface area (Å²) in [5, 5.41) is 0. The Morgan fingerprint density at radius 3 is 1.69 bits per heavy atom. The molecule has 0 saturated carbocycles. The van der Waals surface area contributed by atoms with Gasteiger partial charge in [0.25, 0.3) is 0 Å². The number of hydrogen-bond donors (Lipinski definition) is 2. The fourth-order valence-electron chi connectivity index (χ4n) is 0.263. The van der Waals surface area contributed by atoms with Crippen LogP contribution in [0.3, 0.4) is 0 Å². The van der Waals surface area contributed by atoms with Crippen molar-refractivity contribution in [2.24, 2.45) is 0 Å². The minimum Gasteiger partial charge on any atom is -0.466 e. The molecule has 0 fully saturated rings. The minimum atomic E-state index is -2.92. The first kappa shape index (κ1) is 15.0. The molecule has 2 N–H and O–H groups in total. The maximum atomic E-state index is 9.82. The zero-order valence-electron chi connectivity index (χ0n) is 7.04. The highest BCUT2D eigenvalue weighted by molar-refractivity contribution is 7.46. The second kappa shape index (κ2) is 9.64. The molecule has 0 radical (unpaired) electrons. The third-order valence-electron chi connectivity index (χ3n) is 0.487. The number of hydrogen-bond acceptors (Lipinski definition) is 5. The van der Waals surface area contributed by atoms with Gasteiger partial charge in [-0.3, -0.25) is 4.79 Å². The van der Waals surface area contributed by atoms with E-state index in [4.69, 9.17) is 9.79 Å². The van der Waals surface area contributed by atoms with Crippen molar-refractivity contribution in [3.05, 3.63) is 0 Å². The van der Waals surface area contributed by atoms with Crippen molar-refractivity contribution in [1.29, 1.82) is 0 Å². The highest BCUT2D eigenvalue weighted by Crippen LogP contribution is 2.30. The maximum Gasteiger partial charge on any atom is 0.745 e. The molecule has 0 aliphatic rings. The third-order valence-corrected chi connectivity index (χ3v) is 1.60. The van der Waals surface area contributed by atoms with Crippen LogP contribution in [0.1, 0.15) is 13.8 Å². The number of esters is 1. The molecule has 2 atom stereocenters. The van der Waals surface area contributed by atoms with Crippen molar-refractivity contribution < 1.29 is 32.8 Å². The molecule has 76 valence electrons. The Morgan fingerprint density at radius 2 is 1.69 bits per heavy atom. The molecular weight excluding hydrogens is 222 g/mol. The van der Waals surface area contributed by atoms with Gasteiger partial charge in [0.15, 0.2) is 4.31 Å². The Labute approximate surface area is 76.6 Å². The van der Waals surface area contributed by atoms with Gasteiger partial charge >= 0.3 is 22.5 Å². The molecule has 0 aliphatic carbocycles. The lowest BCUT2D eigenvalue weighted by Gasteiger charge is -1.89. The summed E-state index contributed by atoms with van der Waals surface area (Å²) in [4.78, 5) is 25.2. The van der Waals surface area contributed by atoms with E-state index in [1.54, 1.807) is 6.92 Å². The first-order valence-corrected chi connectivity index (χ1v) is 5.29.